The Morgan fingerprint density at radius 3 is 2.29 bits per heavy atom. The van der Waals surface area contributed by atoms with E-state index in [1.54, 1.807) is 35.2 Å². The molecule has 1 saturated carbocycles. The number of anilines is 1. The van der Waals surface area contributed by atoms with Crippen molar-refractivity contribution in [2.45, 2.75) is 68.8 Å². The van der Waals surface area contributed by atoms with Crippen molar-refractivity contribution in [3.63, 3.8) is 0 Å². The minimum absolute atomic E-state index is 0.00139. The van der Waals surface area contributed by atoms with E-state index in [0.717, 1.165) is 62.6 Å². The third-order valence-corrected chi connectivity index (χ3v) is 15.4. The fourth-order valence-electron chi connectivity index (χ4n) is 9.50. The van der Waals surface area contributed by atoms with Crippen LogP contribution < -0.4 is 23.8 Å². The second-order valence-corrected chi connectivity index (χ2v) is 20.0. The van der Waals surface area contributed by atoms with Gasteiger partial charge in [0.15, 0.2) is 16.4 Å². The Labute approximate surface area is 412 Å². The van der Waals surface area contributed by atoms with Gasteiger partial charge in [-0.2, -0.15) is 8.78 Å². The first-order valence-corrected chi connectivity index (χ1v) is 24.6. The third kappa shape index (κ3) is 11.0. The Morgan fingerprint density at radius 2 is 1.59 bits per heavy atom. The SMILES string of the molecule is O=C(O[C@H]1CN2CCC1CC2)N(Cc1cccc(OCc2cccc(C(=O)N3CCS[C@]3(C(=O)O)[C@@H](Cc3c(Cl)c[n+](O)cc3Cl)c3ccc(OC(F)F)c(OCC4CC4)c3)c2)c1)c1ccccc1. The maximum Gasteiger partial charge on any atom is 0.414 e. The zero-order chi connectivity index (χ0) is 48.2. The number of ether oxygens (including phenoxy) is 4. The Morgan fingerprint density at radius 1 is 0.855 bits per heavy atom. The Balaban J connectivity index is 0.959. The summed E-state index contributed by atoms with van der Waals surface area (Å²) in [6, 6.07) is 27.8. The van der Waals surface area contributed by atoms with Gasteiger partial charge in [0, 0.05) is 46.3 Å². The number of amides is 2. The lowest BCUT2D eigenvalue weighted by atomic mass is 9.83. The molecule has 2 amide bonds. The Bertz CT molecular complexity index is 2650. The van der Waals surface area contributed by atoms with E-state index < -0.39 is 35.4 Å². The first-order valence-electron chi connectivity index (χ1n) is 22.9. The first-order chi connectivity index (χ1) is 33.3. The molecule has 69 heavy (non-hydrogen) atoms. The number of benzene rings is 4. The van der Waals surface area contributed by atoms with Crippen LogP contribution in [-0.2, 0) is 29.1 Å². The predicted molar refractivity (Wildman–Crippen MR) is 255 cm³/mol. The van der Waals surface area contributed by atoms with Gasteiger partial charge in [-0.05, 0) is 122 Å². The van der Waals surface area contributed by atoms with Crippen LogP contribution in [0.3, 0.4) is 0 Å². The average molecular weight is 1000 g/mol. The molecule has 2 N–H and O–H groups in total. The van der Waals surface area contributed by atoms with Crippen molar-refractivity contribution < 1.29 is 57.2 Å². The van der Waals surface area contributed by atoms with Gasteiger partial charge >= 0.3 is 18.7 Å². The van der Waals surface area contributed by atoms with E-state index in [2.05, 4.69) is 4.90 Å². The van der Waals surface area contributed by atoms with Gasteiger partial charge in [-0.15, -0.1) is 11.8 Å². The van der Waals surface area contributed by atoms with E-state index in [-0.39, 0.29) is 77.6 Å². The molecule has 0 radical (unpaired) electrons. The summed E-state index contributed by atoms with van der Waals surface area (Å²) in [5, 5.41) is 21.6. The van der Waals surface area contributed by atoms with Gasteiger partial charge in [0.25, 0.3) is 5.91 Å². The number of carboxylic acids is 1. The lowest BCUT2D eigenvalue weighted by molar-refractivity contribution is -0.904. The van der Waals surface area contributed by atoms with Crippen LogP contribution in [0, 0.1) is 11.8 Å². The van der Waals surface area contributed by atoms with Crippen molar-refractivity contribution in [1.29, 1.82) is 0 Å². The molecule has 362 valence electrons. The van der Waals surface area contributed by atoms with Crippen molar-refractivity contribution in [3.8, 4) is 17.2 Å². The number of para-hydroxylation sites is 1. The molecule has 10 rings (SSSR count). The number of hydrogen-bond acceptors (Lipinski definition) is 10. The van der Waals surface area contributed by atoms with E-state index in [9.17, 15) is 33.5 Å². The fourth-order valence-corrected chi connectivity index (χ4v) is 11.6. The monoisotopic (exact) mass is 1000 g/mol. The lowest BCUT2D eigenvalue weighted by Crippen LogP contribution is -2.55. The minimum Gasteiger partial charge on any atom is -0.489 e. The molecule has 18 heteroatoms. The van der Waals surface area contributed by atoms with Crippen molar-refractivity contribution in [2.24, 2.45) is 11.8 Å². The molecule has 0 spiro atoms. The summed E-state index contributed by atoms with van der Waals surface area (Å²) in [5.74, 6) is -1.83. The van der Waals surface area contributed by atoms with Crippen molar-refractivity contribution >= 4 is 58.6 Å². The van der Waals surface area contributed by atoms with Crippen LogP contribution in [0.25, 0.3) is 0 Å². The number of carbonyl (C=O) groups is 3. The van der Waals surface area contributed by atoms with Gasteiger partial charge in [0.05, 0.1) is 13.2 Å². The Hall–Kier alpha value is -5.81. The summed E-state index contributed by atoms with van der Waals surface area (Å²) in [4.78, 5) is 45.9. The number of aromatic nitrogens is 1. The van der Waals surface area contributed by atoms with E-state index in [4.69, 9.17) is 42.1 Å². The minimum atomic E-state index is -3.15. The average Bonchev–Trinajstić information content (AvgIpc) is 4.07. The van der Waals surface area contributed by atoms with Gasteiger partial charge in [0.2, 0.25) is 12.4 Å². The zero-order valence-electron chi connectivity index (χ0n) is 37.4. The van der Waals surface area contributed by atoms with Crippen LogP contribution in [-0.4, -0.2) is 94.2 Å². The number of hydrogen-bond donors (Lipinski definition) is 2. The van der Waals surface area contributed by atoms with Crippen molar-refractivity contribution in [3.05, 3.63) is 147 Å². The molecule has 0 unspecified atom stereocenters. The maximum absolute atomic E-state index is 14.8. The molecule has 5 aliphatic rings. The number of fused-ring (bicyclic) bond motifs is 3. The third-order valence-electron chi connectivity index (χ3n) is 13.3. The van der Waals surface area contributed by atoms with E-state index in [1.807, 2.05) is 48.5 Å². The summed E-state index contributed by atoms with van der Waals surface area (Å²) >= 11 is 14.3. The van der Waals surface area contributed by atoms with Crippen molar-refractivity contribution in [1.82, 2.24) is 9.80 Å². The second kappa shape index (κ2) is 21.0. The number of halogens is 4. The Kier molecular flexibility index (Phi) is 14.7. The number of carboxylic acid groups (broad SMARTS) is 1. The molecule has 2 bridgehead atoms. The summed E-state index contributed by atoms with van der Waals surface area (Å²) in [7, 11) is 0. The highest BCUT2D eigenvalue weighted by Gasteiger charge is 2.57. The second-order valence-electron chi connectivity index (χ2n) is 17.8. The quantitative estimate of drug-likeness (QED) is 0.0640. The van der Waals surface area contributed by atoms with Gasteiger partial charge in [-0.25, -0.2) is 9.59 Å². The fraction of sp³-hybridized carbons (Fsp3) is 0.373. The van der Waals surface area contributed by atoms with E-state index in [0.29, 0.717) is 38.8 Å². The highest BCUT2D eigenvalue weighted by molar-refractivity contribution is 8.01. The number of nitrogens with zero attached hydrogens (tertiary/aromatic N) is 4. The number of alkyl halides is 2. The maximum atomic E-state index is 14.8. The van der Waals surface area contributed by atoms with Gasteiger partial charge in [0.1, 0.15) is 28.5 Å². The first kappa shape index (κ1) is 48.2. The highest BCUT2D eigenvalue weighted by Crippen LogP contribution is 2.51. The van der Waals surface area contributed by atoms with Gasteiger partial charge in [-0.1, -0.05) is 71.7 Å². The van der Waals surface area contributed by atoms with E-state index >= 15 is 0 Å². The van der Waals surface area contributed by atoms with Crippen LogP contribution in [0.2, 0.25) is 10.0 Å². The largest absolute Gasteiger partial charge is 0.489 e. The summed E-state index contributed by atoms with van der Waals surface area (Å²) in [5.41, 5.74) is 3.00. The van der Waals surface area contributed by atoms with Crippen molar-refractivity contribution in [2.75, 3.05) is 43.4 Å². The van der Waals surface area contributed by atoms with Crippen LogP contribution in [0.1, 0.15) is 64.2 Å². The molecule has 3 atom stereocenters. The molecular weight excluding hydrogens is 954 g/mol. The predicted octanol–water partition coefficient (Wildman–Crippen LogP) is 9.72. The number of pyridine rings is 1. The molecule has 1 aromatic heterocycles. The van der Waals surface area contributed by atoms with Crippen LogP contribution in [0.15, 0.2) is 109 Å². The molecule has 5 aromatic rings. The number of aliphatic carboxylic acids is 1. The molecular formula is C51H51Cl2F2N4O9S+. The van der Waals surface area contributed by atoms with E-state index in [1.165, 1.54) is 35.5 Å². The number of thioether (sulfide) groups is 1. The summed E-state index contributed by atoms with van der Waals surface area (Å²) in [6.45, 7) is 0.257. The molecule has 13 nitrogen and oxygen atoms in total. The summed E-state index contributed by atoms with van der Waals surface area (Å²) < 4.78 is 51.1. The highest BCUT2D eigenvalue weighted by atomic mass is 35.5. The molecule has 4 aliphatic heterocycles. The summed E-state index contributed by atoms with van der Waals surface area (Å²) in [6.07, 6.45) is 5.60. The zero-order valence-corrected chi connectivity index (χ0v) is 39.8. The molecule has 1 aliphatic carbocycles. The van der Waals surface area contributed by atoms with Crippen LogP contribution in [0.5, 0.6) is 17.2 Å². The molecule has 4 aromatic carbocycles. The molecule has 5 fully saturated rings. The normalized spacial score (nSPS) is 21.2. The lowest BCUT2D eigenvalue weighted by Gasteiger charge is -2.44. The standard InChI is InChI=1S/C51H50Cl2F2N4O9S/c52-42-27-57(64)28-43(53)40(42)25-41(36-14-15-44(67-49(54)55)45(24-36)66-30-32-12-13-32)51(48(61)62)59(20-21-69-51)47(60)37-8-4-7-34(22-37)31-65-39-11-5-6-33(23-39)26-58(38-9-2-1-3-10-38)50(63)68-46-29-56-18-16-35(46)17-19-56/h1-11,14-15,22-24,27-28,32,35,41,46,49H,12-13,16-21,25-26,29-31H2,(H-,61,62,64)/p+1/t41-,46-,51-/m0/s1. The topological polar surface area (TPSA) is 142 Å². The number of carbonyl (C=O) groups excluding carboxylic acids is 2. The van der Waals surface area contributed by atoms with Crippen LogP contribution in [0.4, 0.5) is 19.3 Å². The molecule has 5 heterocycles. The smallest absolute Gasteiger partial charge is 0.414 e. The number of piperidine rings is 3. The molecule has 4 saturated heterocycles. The number of rotatable bonds is 18. The van der Waals surface area contributed by atoms with Crippen LogP contribution >= 0.6 is 35.0 Å². The van der Waals surface area contributed by atoms with Gasteiger partial charge in [-0.3, -0.25) is 19.8 Å². The van der Waals surface area contributed by atoms with Gasteiger partial charge < -0.3 is 29.0 Å².